The van der Waals surface area contributed by atoms with Crippen LogP contribution in [0, 0.1) is 0 Å². The Labute approximate surface area is 170 Å². The zero-order valence-corrected chi connectivity index (χ0v) is 16.3. The molecule has 3 rings (SSSR count). The first-order valence-corrected chi connectivity index (χ1v) is 9.20. The van der Waals surface area contributed by atoms with Crippen LogP contribution in [-0.4, -0.2) is 59.5 Å². The highest BCUT2D eigenvalue weighted by atomic mass is 35.5. The summed E-state index contributed by atoms with van der Waals surface area (Å²) in [5, 5.41) is 3.40. The molecule has 0 fully saturated rings. The number of ether oxygens (including phenoxy) is 3. The van der Waals surface area contributed by atoms with E-state index in [2.05, 4.69) is 10.3 Å². The largest absolute Gasteiger partial charge is 0.492 e. The lowest BCUT2D eigenvalue weighted by molar-refractivity contribution is -0.114. The number of nitrogens with zero attached hydrogens (tertiary/aromatic N) is 1. The van der Waals surface area contributed by atoms with Gasteiger partial charge < -0.3 is 19.5 Å². The number of carbonyl (C=O) groups is 1. The molecule has 0 saturated heterocycles. The third-order valence-corrected chi connectivity index (χ3v) is 4.44. The van der Waals surface area contributed by atoms with Gasteiger partial charge in [-0.3, -0.25) is 9.79 Å². The molecule has 2 radical (unpaired) electrons. The number of halogens is 1. The molecule has 0 saturated carbocycles. The Morgan fingerprint density at radius 3 is 2.71 bits per heavy atom. The number of amides is 1. The van der Waals surface area contributed by atoms with Crippen LogP contribution in [-0.2, 0) is 14.3 Å². The van der Waals surface area contributed by atoms with E-state index in [0.29, 0.717) is 59.6 Å². The molecule has 6 nitrogen and oxygen atoms in total. The number of carbonyl (C=O) groups excluding carboxylic acids is 1. The van der Waals surface area contributed by atoms with Gasteiger partial charge in [0.05, 0.1) is 31.2 Å². The first-order chi connectivity index (χ1) is 13.6. The predicted molar refractivity (Wildman–Crippen MR) is 111 cm³/mol. The van der Waals surface area contributed by atoms with Gasteiger partial charge in [-0.05, 0) is 6.07 Å². The van der Waals surface area contributed by atoms with Crippen molar-refractivity contribution in [3.63, 3.8) is 0 Å². The maximum absolute atomic E-state index is 12.1. The van der Waals surface area contributed by atoms with Crippen LogP contribution in [0.5, 0.6) is 5.75 Å². The van der Waals surface area contributed by atoms with Gasteiger partial charge in [-0.25, -0.2) is 0 Å². The number of benzodiazepines with no additional fused rings is 1. The van der Waals surface area contributed by atoms with Crippen molar-refractivity contribution in [3.8, 4) is 5.75 Å². The van der Waals surface area contributed by atoms with Gasteiger partial charge in [-0.15, -0.1) is 0 Å². The molecule has 0 bridgehead atoms. The van der Waals surface area contributed by atoms with Gasteiger partial charge in [0.25, 0.3) is 0 Å². The Hall–Kier alpha value is -2.35. The summed E-state index contributed by atoms with van der Waals surface area (Å²) < 4.78 is 16.0. The summed E-state index contributed by atoms with van der Waals surface area (Å²) >= 11 is 6.34. The number of fused-ring (bicyclic) bond motifs is 1. The van der Waals surface area contributed by atoms with E-state index < -0.39 is 0 Å². The molecule has 2 aromatic rings. The van der Waals surface area contributed by atoms with Gasteiger partial charge in [0.1, 0.15) is 26.7 Å². The highest BCUT2D eigenvalue weighted by Crippen LogP contribution is 2.28. The minimum absolute atomic E-state index is 0.00132. The van der Waals surface area contributed by atoms with E-state index in [1.165, 1.54) is 0 Å². The molecule has 8 heteroatoms. The molecule has 0 aliphatic carbocycles. The fourth-order valence-electron chi connectivity index (χ4n) is 2.79. The van der Waals surface area contributed by atoms with Crippen LogP contribution >= 0.6 is 11.6 Å². The molecule has 1 heterocycles. The van der Waals surface area contributed by atoms with E-state index in [1.54, 1.807) is 25.3 Å². The first kappa shape index (κ1) is 20.4. The molecule has 0 spiro atoms. The van der Waals surface area contributed by atoms with Gasteiger partial charge in [-0.1, -0.05) is 41.3 Å². The van der Waals surface area contributed by atoms with Gasteiger partial charge in [0.15, 0.2) is 0 Å². The average Bonchev–Trinajstić information content (AvgIpc) is 2.83. The Kier molecular flexibility index (Phi) is 7.09. The second-order valence-corrected chi connectivity index (χ2v) is 6.49. The van der Waals surface area contributed by atoms with Gasteiger partial charge in [0.2, 0.25) is 5.91 Å². The summed E-state index contributed by atoms with van der Waals surface area (Å²) in [6.07, 6.45) is 0. The Balaban J connectivity index is 1.84. The third kappa shape index (κ3) is 4.92. The summed E-state index contributed by atoms with van der Waals surface area (Å²) in [6.45, 7) is 1.74. The second kappa shape index (κ2) is 9.73. The van der Waals surface area contributed by atoms with E-state index in [1.807, 2.05) is 18.2 Å². The van der Waals surface area contributed by atoms with Gasteiger partial charge >= 0.3 is 0 Å². The summed E-state index contributed by atoms with van der Waals surface area (Å²) in [5.74, 6) is 0.247. The van der Waals surface area contributed by atoms with Gasteiger partial charge in [-0.2, -0.15) is 0 Å². The number of hydrogen-bond donors (Lipinski definition) is 1. The van der Waals surface area contributed by atoms with Crippen LogP contribution in [0.4, 0.5) is 5.69 Å². The van der Waals surface area contributed by atoms with Crippen molar-refractivity contribution < 1.29 is 19.0 Å². The van der Waals surface area contributed by atoms with Crippen LogP contribution in [0.3, 0.4) is 0 Å². The van der Waals surface area contributed by atoms with E-state index in [4.69, 9.17) is 33.7 Å². The van der Waals surface area contributed by atoms with E-state index in [-0.39, 0.29) is 12.5 Å². The van der Waals surface area contributed by atoms with Crippen LogP contribution in [0.15, 0.2) is 41.4 Å². The minimum atomic E-state index is -0.220. The van der Waals surface area contributed by atoms with Crippen molar-refractivity contribution in [1.29, 1.82) is 0 Å². The quantitative estimate of drug-likeness (QED) is 0.545. The fourth-order valence-corrected chi connectivity index (χ4v) is 3.01. The van der Waals surface area contributed by atoms with Gasteiger partial charge in [0, 0.05) is 29.3 Å². The molecule has 144 valence electrons. The van der Waals surface area contributed by atoms with E-state index >= 15 is 0 Å². The normalized spacial score (nSPS) is 13.4. The minimum Gasteiger partial charge on any atom is -0.492 e. The predicted octanol–water partition coefficient (Wildman–Crippen LogP) is 1.97. The van der Waals surface area contributed by atoms with Crippen molar-refractivity contribution >= 4 is 42.2 Å². The fraction of sp³-hybridized carbons (Fsp3) is 0.300. The van der Waals surface area contributed by atoms with E-state index in [9.17, 15) is 4.79 Å². The van der Waals surface area contributed by atoms with Crippen LogP contribution < -0.4 is 15.5 Å². The van der Waals surface area contributed by atoms with Crippen molar-refractivity contribution in [2.24, 2.45) is 4.99 Å². The van der Waals surface area contributed by atoms with Crippen molar-refractivity contribution in [2.75, 3.05) is 45.4 Å². The number of anilines is 1. The lowest BCUT2D eigenvalue weighted by Crippen LogP contribution is -2.18. The highest BCUT2D eigenvalue weighted by Gasteiger charge is 2.21. The molecular formula is C20H20BClN2O4. The molecule has 0 atom stereocenters. The molecule has 1 amide bonds. The Morgan fingerprint density at radius 1 is 1.14 bits per heavy atom. The number of rotatable bonds is 8. The van der Waals surface area contributed by atoms with E-state index in [0.717, 1.165) is 5.56 Å². The molecule has 0 aromatic heterocycles. The van der Waals surface area contributed by atoms with Crippen molar-refractivity contribution in [1.82, 2.24) is 0 Å². The van der Waals surface area contributed by atoms with Crippen molar-refractivity contribution in [3.05, 3.63) is 52.5 Å². The molecule has 28 heavy (non-hydrogen) atoms. The summed E-state index contributed by atoms with van der Waals surface area (Å²) in [7, 11) is 7.80. The number of methoxy groups -OCH3 is 1. The molecule has 2 aromatic carbocycles. The molecule has 1 aliphatic rings. The topological polar surface area (TPSA) is 69.2 Å². The lowest BCUT2D eigenvalue weighted by atomic mass is 9.89. The summed E-state index contributed by atoms with van der Waals surface area (Å²) in [4.78, 5) is 16.6. The Morgan fingerprint density at radius 2 is 1.93 bits per heavy atom. The second-order valence-electron chi connectivity index (χ2n) is 6.08. The number of benzene rings is 2. The smallest absolute Gasteiger partial charge is 0.246 e. The molecule has 1 N–H and O–H groups in total. The maximum Gasteiger partial charge on any atom is 0.246 e. The SMILES string of the molecule is [B]c1cc2c(cc1OCCOCCOC)NC(=O)CN=C2c1ccccc1Cl. The zero-order valence-electron chi connectivity index (χ0n) is 15.5. The van der Waals surface area contributed by atoms with Crippen LogP contribution in [0.25, 0.3) is 0 Å². The maximum atomic E-state index is 12.1. The third-order valence-electron chi connectivity index (χ3n) is 4.11. The van der Waals surface area contributed by atoms with Crippen LogP contribution in [0.1, 0.15) is 11.1 Å². The molecular weight excluding hydrogens is 378 g/mol. The zero-order chi connectivity index (χ0) is 19.9. The number of hydrogen-bond acceptors (Lipinski definition) is 5. The molecule has 0 unspecified atom stereocenters. The standard InChI is InChI=1S/C20H20BClN2O4/c1-26-6-7-27-8-9-28-18-11-17-14(10-15(18)21)20(23-12-19(25)24-17)13-4-2-3-5-16(13)22/h2-5,10-11H,6-9,12H2,1H3,(H,24,25). The summed E-state index contributed by atoms with van der Waals surface area (Å²) in [5.41, 5.74) is 3.05. The van der Waals surface area contributed by atoms with Crippen LogP contribution in [0.2, 0.25) is 5.02 Å². The first-order valence-electron chi connectivity index (χ1n) is 8.82. The highest BCUT2D eigenvalue weighted by molar-refractivity contribution is 6.38. The summed E-state index contributed by atoms with van der Waals surface area (Å²) in [6, 6.07) is 10.8. The number of nitrogens with one attached hydrogen (secondary N) is 1. The average molecular weight is 399 g/mol. The Bertz CT molecular complexity index is 889. The van der Waals surface area contributed by atoms with Crippen molar-refractivity contribution in [2.45, 2.75) is 0 Å². The number of aliphatic imine (C=N–C) groups is 1. The molecule has 1 aliphatic heterocycles. The lowest BCUT2D eigenvalue weighted by Gasteiger charge is -2.16. The monoisotopic (exact) mass is 398 g/mol.